The molecule has 5 aromatic rings. The summed E-state index contributed by atoms with van der Waals surface area (Å²) in [7, 11) is 0. The third kappa shape index (κ3) is 8.46. The third-order valence-corrected chi connectivity index (χ3v) is 13.5. The Balaban J connectivity index is 0.000000211. The summed E-state index contributed by atoms with van der Waals surface area (Å²) in [6.07, 6.45) is 1.05. The van der Waals surface area contributed by atoms with E-state index in [1.54, 1.807) is 23.3 Å². The van der Waals surface area contributed by atoms with Crippen LogP contribution in [0.2, 0.25) is 0 Å². The first kappa shape index (κ1) is 34.1. The van der Waals surface area contributed by atoms with E-state index in [1.165, 1.54) is 66.0 Å². The molecule has 0 N–H and O–H groups in total. The van der Waals surface area contributed by atoms with Crippen LogP contribution in [0.4, 0.5) is 0 Å². The van der Waals surface area contributed by atoms with Crippen molar-refractivity contribution in [2.24, 2.45) is 0 Å². The van der Waals surface area contributed by atoms with E-state index in [4.69, 9.17) is 0 Å². The van der Waals surface area contributed by atoms with Crippen LogP contribution in [-0.2, 0) is 29.8 Å². The monoisotopic (exact) mass is 656 g/mol. The van der Waals surface area contributed by atoms with Crippen LogP contribution >= 0.6 is 0 Å². The Morgan fingerprint density at radius 2 is 1.15 bits per heavy atom. The predicted octanol–water partition coefficient (Wildman–Crippen LogP) is 1.66. The normalized spacial score (nSPS) is 10.4. The second kappa shape index (κ2) is 15.8. The Kier molecular flexibility index (Phi) is 13.5. The SMILES string of the molecule is Cc1[c-]c2c(cc1)-c1ccc(C)cc1C2.Cc1[cH-]c(C)c(C)c1C.[Cl-].[Cl-].[Zr+2]=[Si](c1ccccc1)c1ccccc1. The van der Waals surface area contributed by atoms with Gasteiger partial charge in [0.25, 0.3) is 0 Å². The summed E-state index contributed by atoms with van der Waals surface area (Å²) < 4.78 is 0. The second-order valence-electron chi connectivity index (χ2n) is 10.2. The van der Waals surface area contributed by atoms with Crippen molar-refractivity contribution in [2.75, 3.05) is 0 Å². The van der Waals surface area contributed by atoms with Gasteiger partial charge in [-0.1, -0.05) is 63.9 Å². The molecule has 0 aliphatic heterocycles. The molecule has 6 rings (SSSR count). The maximum atomic E-state index is 3.45. The molecule has 0 spiro atoms. The van der Waals surface area contributed by atoms with Crippen molar-refractivity contribution in [3.63, 3.8) is 0 Å². The van der Waals surface area contributed by atoms with Crippen molar-refractivity contribution in [1.29, 1.82) is 0 Å². The number of aryl methyl sites for hydroxylation is 4. The average Bonchev–Trinajstić information content (AvgIpc) is 3.39. The van der Waals surface area contributed by atoms with Crippen LogP contribution in [0.15, 0.2) is 97.1 Å². The van der Waals surface area contributed by atoms with Crippen LogP contribution in [0.3, 0.4) is 0 Å². The van der Waals surface area contributed by atoms with Crippen LogP contribution < -0.4 is 35.2 Å². The molecular weight excluding hydrogens is 623 g/mol. The van der Waals surface area contributed by atoms with Crippen LogP contribution in [0.1, 0.15) is 44.5 Å². The molecule has 0 unspecified atom stereocenters. The van der Waals surface area contributed by atoms with Crippen molar-refractivity contribution in [1.82, 2.24) is 0 Å². The van der Waals surface area contributed by atoms with Gasteiger partial charge in [-0.25, -0.2) is 0 Å². The average molecular weight is 659 g/mol. The molecule has 1 aliphatic carbocycles. The van der Waals surface area contributed by atoms with E-state index in [0.717, 1.165) is 6.42 Å². The Bertz CT molecular complexity index is 1440. The standard InChI is InChI=1S/C15H13.C12H10Si.C9H13.2ClH.Zr/c1-10-3-5-14-12(7-10)9-13-8-11(2)4-6-15(13)14;1-3-7-11(8-4-1)13-12-9-5-2-6-10-12;1-6-5-7(2)9(4)8(6)3;;;/h3-7H,9H2,1-2H3;1-10H;5H,1-4H3;2*1H;/q-1;;-1;;;+2/p-2. The Morgan fingerprint density at radius 3 is 1.62 bits per heavy atom. The van der Waals surface area contributed by atoms with Gasteiger partial charge in [0.15, 0.2) is 0 Å². The number of fused-ring (bicyclic) bond motifs is 3. The molecule has 1 aliphatic rings. The molecule has 0 saturated carbocycles. The van der Waals surface area contributed by atoms with Crippen molar-refractivity contribution in [2.45, 2.75) is 48.0 Å². The van der Waals surface area contributed by atoms with Crippen LogP contribution in [0.25, 0.3) is 11.1 Å². The van der Waals surface area contributed by atoms with E-state index >= 15 is 0 Å². The summed E-state index contributed by atoms with van der Waals surface area (Å²) in [5.74, 6) is 0. The number of hydrogen-bond donors (Lipinski definition) is 0. The van der Waals surface area contributed by atoms with E-state index in [1.807, 2.05) is 0 Å². The first-order chi connectivity index (χ1) is 18.2. The molecule has 0 bridgehead atoms. The number of benzene rings is 4. The molecule has 0 aromatic heterocycles. The third-order valence-electron chi connectivity index (χ3n) is 7.39. The molecule has 0 radical (unpaired) electrons. The molecule has 204 valence electrons. The van der Waals surface area contributed by atoms with Crippen molar-refractivity contribution in [3.05, 3.63) is 148 Å². The van der Waals surface area contributed by atoms with Gasteiger partial charge in [-0.05, 0) is 18.9 Å². The fraction of sp³-hybridized carbons (Fsp3) is 0.194. The van der Waals surface area contributed by atoms with Gasteiger partial charge in [-0.3, -0.25) is 0 Å². The number of rotatable bonds is 2. The molecule has 0 heterocycles. The maximum absolute atomic E-state index is 3.45. The first-order valence-electron chi connectivity index (χ1n) is 13.3. The topological polar surface area (TPSA) is 0 Å². The Morgan fingerprint density at radius 1 is 0.650 bits per heavy atom. The fourth-order valence-corrected chi connectivity index (χ4v) is 8.72. The molecule has 5 aromatic carbocycles. The van der Waals surface area contributed by atoms with E-state index < -0.39 is 5.43 Å². The minimum absolute atomic E-state index is 0. The molecule has 40 heavy (non-hydrogen) atoms. The molecule has 0 atom stereocenters. The molecule has 0 fully saturated rings. The van der Waals surface area contributed by atoms with Gasteiger partial charge < -0.3 is 24.8 Å². The molecule has 0 nitrogen and oxygen atoms in total. The second-order valence-corrected chi connectivity index (χ2v) is 15.8. The van der Waals surface area contributed by atoms with Gasteiger partial charge in [-0.2, -0.15) is 52.1 Å². The van der Waals surface area contributed by atoms with Gasteiger partial charge in [0, 0.05) is 0 Å². The fourth-order valence-electron chi connectivity index (χ4n) is 4.88. The van der Waals surface area contributed by atoms with Gasteiger partial charge in [-0.15, -0.1) is 11.1 Å². The van der Waals surface area contributed by atoms with Gasteiger partial charge in [0.2, 0.25) is 0 Å². The number of halogens is 2. The summed E-state index contributed by atoms with van der Waals surface area (Å²) in [4.78, 5) is 0. The van der Waals surface area contributed by atoms with E-state index in [0.29, 0.717) is 0 Å². The first-order valence-corrected chi connectivity index (χ1v) is 18.4. The summed E-state index contributed by atoms with van der Waals surface area (Å²) >= 11 is 1.64. The molecule has 0 amide bonds. The minimum atomic E-state index is -0.455. The molecule has 0 saturated heterocycles. The van der Waals surface area contributed by atoms with E-state index in [2.05, 4.69) is 145 Å². The summed E-state index contributed by atoms with van der Waals surface area (Å²) in [5, 5.41) is 3.03. The van der Waals surface area contributed by atoms with Crippen LogP contribution in [0, 0.1) is 47.6 Å². The van der Waals surface area contributed by atoms with E-state index in [9.17, 15) is 0 Å². The van der Waals surface area contributed by atoms with Crippen molar-refractivity contribution in [3.8, 4) is 11.1 Å². The quantitative estimate of drug-likeness (QED) is 0.196. The van der Waals surface area contributed by atoms with Gasteiger partial charge in [0.1, 0.15) is 0 Å². The zero-order chi connectivity index (χ0) is 27.2. The Labute approximate surface area is 268 Å². The van der Waals surface area contributed by atoms with E-state index in [-0.39, 0.29) is 24.8 Å². The zero-order valence-electron chi connectivity index (χ0n) is 24.2. The number of hydrogen-bond acceptors (Lipinski definition) is 0. The van der Waals surface area contributed by atoms with Crippen LogP contribution in [0.5, 0.6) is 0 Å². The van der Waals surface area contributed by atoms with Crippen molar-refractivity contribution >= 4 is 15.8 Å². The zero-order valence-corrected chi connectivity index (χ0v) is 29.2. The Hall–Kier alpha value is -2.09. The summed E-state index contributed by atoms with van der Waals surface area (Å²) in [6, 6.07) is 38.5. The summed E-state index contributed by atoms with van der Waals surface area (Å²) in [5.41, 5.74) is 13.4. The van der Waals surface area contributed by atoms with Crippen molar-refractivity contribution < 1.29 is 48.1 Å². The van der Waals surface area contributed by atoms with Gasteiger partial charge >= 0.3 is 99.8 Å². The van der Waals surface area contributed by atoms with Crippen LogP contribution in [-0.4, -0.2) is 5.43 Å². The predicted molar refractivity (Wildman–Crippen MR) is 162 cm³/mol. The van der Waals surface area contributed by atoms with Gasteiger partial charge in [0.05, 0.1) is 0 Å². The molecule has 4 heteroatoms. The molecular formula is C36H36Cl2SiZr-2. The summed E-state index contributed by atoms with van der Waals surface area (Å²) in [6.45, 7) is 12.9.